The van der Waals surface area contributed by atoms with Gasteiger partial charge in [-0.25, -0.2) is 4.98 Å². The van der Waals surface area contributed by atoms with Gasteiger partial charge in [0.15, 0.2) is 0 Å². The Morgan fingerprint density at radius 3 is 3.00 bits per heavy atom. The summed E-state index contributed by atoms with van der Waals surface area (Å²) < 4.78 is 0. The lowest BCUT2D eigenvalue weighted by Crippen LogP contribution is -2.28. The number of carbonyl (C=O) groups is 1. The van der Waals surface area contributed by atoms with Crippen molar-refractivity contribution in [2.75, 3.05) is 7.05 Å². The molecule has 1 aliphatic rings. The Balaban J connectivity index is 2.09. The van der Waals surface area contributed by atoms with Gasteiger partial charge in [0.1, 0.15) is 5.69 Å². The van der Waals surface area contributed by atoms with E-state index >= 15 is 0 Å². The molecule has 0 saturated heterocycles. The number of rotatable bonds is 2. The fourth-order valence-corrected chi connectivity index (χ4v) is 1.65. The van der Waals surface area contributed by atoms with Crippen LogP contribution >= 0.6 is 11.3 Å². The van der Waals surface area contributed by atoms with Crippen LogP contribution in [0.5, 0.6) is 0 Å². The van der Waals surface area contributed by atoms with Crippen molar-refractivity contribution in [1.29, 1.82) is 0 Å². The maximum atomic E-state index is 11.6. The highest BCUT2D eigenvalue weighted by molar-refractivity contribution is 7.07. The maximum Gasteiger partial charge on any atom is 0.273 e. The maximum absolute atomic E-state index is 11.6. The van der Waals surface area contributed by atoms with Gasteiger partial charge in [0.05, 0.1) is 5.51 Å². The number of nitrogens with zero attached hydrogens (tertiary/aromatic N) is 2. The predicted octanol–water partition coefficient (Wildman–Crippen LogP) is 1.38. The molecule has 0 aromatic carbocycles. The summed E-state index contributed by atoms with van der Waals surface area (Å²) in [7, 11) is 1.85. The minimum absolute atomic E-state index is 0.0544. The van der Waals surface area contributed by atoms with Gasteiger partial charge in [0.25, 0.3) is 5.91 Å². The first-order chi connectivity index (χ1) is 5.79. The van der Waals surface area contributed by atoms with Gasteiger partial charge in [-0.1, -0.05) is 0 Å². The van der Waals surface area contributed by atoms with Gasteiger partial charge in [-0.3, -0.25) is 4.79 Å². The molecule has 1 heterocycles. The third kappa shape index (κ3) is 1.34. The van der Waals surface area contributed by atoms with Gasteiger partial charge in [0.2, 0.25) is 0 Å². The fourth-order valence-electron chi connectivity index (χ4n) is 1.13. The van der Waals surface area contributed by atoms with Crippen molar-refractivity contribution in [2.45, 2.75) is 18.9 Å². The Bertz CT molecular complexity index is 279. The molecule has 0 spiro atoms. The van der Waals surface area contributed by atoms with E-state index in [1.807, 2.05) is 7.05 Å². The molecule has 1 aliphatic carbocycles. The van der Waals surface area contributed by atoms with E-state index in [9.17, 15) is 4.79 Å². The van der Waals surface area contributed by atoms with Gasteiger partial charge >= 0.3 is 0 Å². The Morgan fingerprint density at radius 1 is 1.75 bits per heavy atom. The minimum atomic E-state index is 0.0544. The van der Waals surface area contributed by atoms with Crippen molar-refractivity contribution in [3.8, 4) is 0 Å². The van der Waals surface area contributed by atoms with E-state index in [-0.39, 0.29) is 5.91 Å². The average molecular weight is 182 g/mol. The Labute approximate surface area is 75.0 Å². The number of aromatic nitrogens is 1. The second kappa shape index (κ2) is 2.86. The molecule has 64 valence electrons. The second-order valence-corrected chi connectivity index (χ2v) is 3.74. The SMILES string of the molecule is CN(C(=O)c1cscn1)C1CC1. The normalized spacial score (nSPS) is 16.1. The molecule has 0 unspecified atom stereocenters. The Morgan fingerprint density at radius 2 is 2.50 bits per heavy atom. The van der Waals surface area contributed by atoms with Crippen LogP contribution in [-0.2, 0) is 0 Å². The summed E-state index contributed by atoms with van der Waals surface area (Å²) >= 11 is 1.46. The third-order valence-electron chi connectivity index (χ3n) is 2.07. The van der Waals surface area contributed by atoms with Crippen LogP contribution in [0, 0.1) is 0 Å². The van der Waals surface area contributed by atoms with Crippen molar-refractivity contribution in [3.05, 3.63) is 16.6 Å². The van der Waals surface area contributed by atoms with Crippen molar-refractivity contribution in [2.24, 2.45) is 0 Å². The molecule has 0 atom stereocenters. The standard InChI is InChI=1S/C8H10N2OS/c1-10(6-2-3-6)8(11)7-4-12-5-9-7/h4-6H,2-3H2,1H3. The quantitative estimate of drug-likeness (QED) is 0.692. The molecule has 1 fully saturated rings. The molecule has 1 aromatic heterocycles. The number of amides is 1. The van der Waals surface area contributed by atoms with Crippen LogP contribution < -0.4 is 0 Å². The third-order valence-corrected chi connectivity index (χ3v) is 2.65. The van der Waals surface area contributed by atoms with Crippen molar-refractivity contribution >= 4 is 17.2 Å². The first-order valence-corrected chi connectivity index (χ1v) is 4.88. The van der Waals surface area contributed by atoms with Gasteiger partial charge < -0.3 is 4.90 Å². The van der Waals surface area contributed by atoms with Crippen LogP contribution in [0.4, 0.5) is 0 Å². The largest absolute Gasteiger partial charge is 0.337 e. The molecule has 4 heteroatoms. The molecular formula is C8H10N2OS. The zero-order valence-corrected chi connectivity index (χ0v) is 7.67. The molecule has 1 aromatic rings. The molecular weight excluding hydrogens is 172 g/mol. The Kier molecular flexibility index (Phi) is 1.84. The lowest BCUT2D eigenvalue weighted by Gasteiger charge is -2.13. The summed E-state index contributed by atoms with van der Waals surface area (Å²) in [4.78, 5) is 17.3. The van der Waals surface area contributed by atoms with Crippen LogP contribution in [0.2, 0.25) is 0 Å². The zero-order valence-electron chi connectivity index (χ0n) is 6.86. The molecule has 3 nitrogen and oxygen atoms in total. The summed E-state index contributed by atoms with van der Waals surface area (Å²) in [6, 6.07) is 0.471. The first-order valence-electron chi connectivity index (χ1n) is 3.94. The number of thiazole rings is 1. The fraction of sp³-hybridized carbons (Fsp3) is 0.500. The molecule has 0 aliphatic heterocycles. The van der Waals surface area contributed by atoms with E-state index in [2.05, 4.69) is 4.98 Å². The van der Waals surface area contributed by atoms with E-state index in [0.29, 0.717) is 11.7 Å². The van der Waals surface area contributed by atoms with Crippen LogP contribution in [0.1, 0.15) is 23.3 Å². The van der Waals surface area contributed by atoms with Crippen LogP contribution in [-0.4, -0.2) is 28.9 Å². The van der Waals surface area contributed by atoms with Crippen molar-refractivity contribution in [1.82, 2.24) is 9.88 Å². The van der Waals surface area contributed by atoms with E-state index in [0.717, 1.165) is 12.8 Å². The van der Waals surface area contributed by atoms with E-state index < -0.39 is 0 Å². The van der Waals surface area contributed by atoms with Crippen molar-refractivity contribution < 1.29 is 4.79 Å². The first kappa shape index (κ1) is 7.73. The lowest BCUT2D eigenvalue weighted by molar-refractivity contribution is 0.0780. The predicted molar refractivity (Wildman–Crippen MR) is 47.2 cm³/mol. The number of hydrogen-bond acceptors (Lipinski definition) is 3. The van der Waals surface area contributed by atoms with Crippen LogP contribution in [0.15, 0.2) is 10.9 Å². The zero-order chi connectivity index (χ0) is 8.55. The van der Waals surface area contributed by atoms with Gasteiger partial charge in [-0.05, 0) is 12.8 Å². The van der Waals surface area contributed by atoms with E-state index in [1.165, 1.54) is 11.3 Å². The van der Waals surface area contributed by atoms with Gasteiger partial charge in [-0.2, -0.15) is 0 Å². The molecule has 12 heavy (non-hydrogen) atoms. The molecule has 0 bridgehead atoms. The molecule has 2 rings (SSSR count). The van der Waals surface area contributed by atoms with Gasteiger partial charge in [-0.15, -0.1) is 11.3 Å². The minimum Gasteiger partial charge on any atom is -0.337 e. The summed E-state index contributed by atoms with van der Waals surface area (Å²) in [5, 5.41) is 1.79. The van der Waals surface area contributed by atoms with Crippen molar-refractivity contribution in [3.63, 3.8) is 0 Å². The molecule has 0 N–H and O–H groups in total. The van der Waals surface area contributed by atoms with E-state index in [1.54, 1.807) is 15.8 Å². The summed E-state index contributed by atoms with van der Waals surface area (Å²) in [5.74, 6) is 0.0544. The Hall–Kier alpha value is -0.900. The topological polar surface area (TPSA) is 33.2 Å². The molecule has 1 saturated carbocycles. The van der Waals surface area contributed by atoms with E-state index in [4.69, 9.17) is 0 Å². The monoisotopic (exact) mass is 182 g/mol. The summed E-state index contributed by atoms with van der Waals surface area (Å²) in [5.41, 5.74) is 2.27. The summed E-state index contributed by atoms with van der Waals surface area (Å²) in [6.07, 6.45) is 2.29. The van der Waals surface area contributed by atoms with Crippen LogP contribution in [0.3, 0.4) is 0 Å². The smallest absolute Gasteiger partial charge is 0.273 e. The molecule has 0 radical (unpaired) electrons. The average Bonchev–Trinajstić information content (AvgIpc) is 2.79. The highest BCUT2D eigenvalue weighted by atomic mass is 32.1. The van der Waals surface area contributed by atoms with Gasteiger partial charge in [0, 0.05) is 18.5 Å². The molecule has 1 amide bonds. The van der Waals surface area contributed by atoms with Crippen LogP contribution in [0.25, 0.3) is 0 Å². The number of hydrogen-bond donors (Lipinski definition) is 0. The number of carbonyl (C=O) groups excluding carboxylic acids is 1. The highest BCUT2D eigenvalue weighted by Gasteiger charge is 2.30. The second-order valence-electron chi connectivity index (χ2n) is 3.02. The lowest BCUT2D eigenvalue weighted by atomic mass is 10.4. The highest BCUT2D eigenvalue weighted by Crippen LogP contribution is 2.26. The summed E-state index contributed by atoms with van der Waals surface area (Å²) in [6.45, 7) is 0.